The highest BCUT2D eigenvalue weighted by Gasteiger charge is 2.10. The van der Waals surface area contributed by atoms with E-state index in [1.165, 1.54) is 0 Å². The molecular weight excluding hydrogens is 270 g/mol. The van der Waals surface area contributed by atoms with E-state index in [1.807, 2.05) is 37.3 Å². The van der Waals surface area contributed by atoms with Gasteiger partial charge in [0.1, 0.15) is 6.61 Å². The Hall–Kier alpha value is -2.41. The zero-order valence-electron chi connectivity index (χ0n) is 11.9. The number of carbonyl (C=O) groups excluding carboxylic acids is 1. The molecule has 7 nitrogen and oxygen atoms in total. The number of amides is 1. The Morgan fingerprint density at radius 1 is 1.43 bits per heavy atom. The van der Waals surface area contributed by atoms with Crippen LogP contribution in [-0.4, -0.2) is 27.1 Å². The van der Waals surface area contributed by atoms with Crippen molar-refractivity contribution in [2.75, 3.05) is 0 Å². The third-order valence-electron chi connectivity index (χ3n) is 2.83. The van der Waals surface area contributed by atoms with E-state index in [-0.39, 0.29) is 12.6 Å². The summed E-state index contributed by atoms with van der Waals surface area (Å²) in [4.78, 5) is 11.7. The number of hydrogen-bond acceptors (Lipinski definition) is 5. The minimum absolute atomic E-state index is 0.124. The van der Waals surface area contributed by atoms with Crippen LogP contribution in [0.4, 0.5) is 4.79 Å². The molecule has 1 aromatic carbocycles. The molecule has 0 unspecified atom stereocenters. The third kappa shape index (κ3) is 4.88. The summed E-state index contributed by atoms with van der Waals surface area (Å²) >= 11 is 0. The molecular formula is C14H19N5O2. The summed E-state index contributed by atoms with van der Waals surface area (Å²) in [6.45, 7) is 2.97. The van der Waals surface area contributed by atoms with E-state index in [1.54, 1.807) is 10.9 Å². The summed E-state index contributed by atoms with van der Waals surface area (Å²) < 4.78 is 6.79. The van der Waals surface area contributed by atoms with Crippen LogP contribution >= 0.6 is 0 Å². The molecule has 0 saturated heterocycles. The van der Waals surface area contributed by atoms with E-state index in [0.29, 0.717) is 18.8 Å². The highest BCUT2D eigenvalue weighted by molar-refractivity contribution is 5.67. The fourth-order valence-electron chi connectivity index (χ4n) is 1.81. The smallest absolute Gasteiger partial charge is 0.407 e. The van der Waals surface area contributed by atoms with Gasteiger partial charge in [0.2, 0.25) is 0 Å². The van der Waals surface area contributed by atoms with Crippen molar-refractivity contribution in [2.45, 2.75) is 32.7 Å². The molecule has 0 aliphatic carbocycles. The van der Waals surface area contributed by atoms with Crippen molar-refractivity contribution in [1.82, 2.24) is 20.3 Å². The maximum atomic E-state index is 11.7. The standard InChI is InChI=1S/C14H19N5O2/c1-11(8-19-9-13(7-15)17-18-19)16-14(20)21-10-12-5-3-2-4-6-12/h2-6,9,11H,7-8,10,15H2,1H3,(H,16,20)/t11-/m0/s1. The Morgan fingerprint density at radius 2 is 2.19 bits per heavy atom. The van der Waals surface area contributed by atoms with Gasteiger partial charge in [0.05, 0.1) is 12.2 Å². The van der Waals surface area contributed by atoms with Crippen LogP contribution in [0.25, 0.3) is 0 Å². The summed E-state index contributed by atoms with van der Waals surface area (Å²) in [5.41, 5.74) is 7.13. The molecule has 1 amide bonds. The molecule has 0 bridgehead atoms. The predicted molar refractivity (Wildman–Crippen MR) is 77.1 cm³/mol. The van der Waals surface area contributed by atoms with Crippen molar-refractivity contribution in [2.24, 2.45) is 5.73 Å². The number of alkyl carbamates (subject to hydrolysis) is 1. The summed E-state index contributed by atoms with van der Waals surface area (Å²) in [6, 6.07) is 9.40. The van der Waals surface area contributed by atoms with Gasteiger partial charge in [-0.15, -0.1) is 5.10 Å². The van der Waals surface area contributed by atoms with Gasteiger partial charge in [-0.2, -0.15) is 0 Å². The van der Waals surface area contributed by atoms with Gasteiger partial charge in [-0.3, -0.25) is 4.68 Å². The summed E-state index contributed by atoms with van der Waals surface area (Å²) in [5, 5.41) is 10.6. The Labute approximate surface area is 123 Å². The zero-order valence-corrected chi connectivity index (χ0v) is 11.9. The minimum Gasteiger partial charge on any atom is -0.445 e. The van der Waals surface area contributed by atoms with Crippen LogP contribution in [0.15, 0.2) is 36.5 Å². The molecule has 1 aromatic heterocycles. The number of aromatic nitrogens is 3. The molecule has 112 valence electrons. The first-order valence-corrected chi connectivity index (χ1v) is 6.73. The SMILES string of the molecule is C[C@@H](Cn1cc(CN)nn1)NC(=O)OCc1ccccc1. The van der Waals surface area contributed by atoms with Crippen molar-refractivity contribution in [3.63, 3.8) is 0 Å². The molecule has 2 aromatic rings. The molecule has 0 aliphatic heterocycles. The molecule has 0 aliphatic rings. The van der Waals surface area contributed by atoms with E-state index in [0.717, 1.165) is 5.56 Å². The number of nitrogens with one attached hydrogen (secondary N) is 1. The van der Waals surface area contributed by atoms with Crippen LogP contribution in [0.3, 0.4) is 0 Å². The van der Waals surface area contributed by atoms with Crippen molar-refractivity contribution in [1.29, 1.82) is 0 Å². The predicted octanol–water partition coefficient (Wildman–Crippen LogP) is 1.05. The molecule has 1 heterocycles. The number of benzene rings is 1. The van der Waals surface area contributed by atoms with Crippen LogP contribution < -0.4 is 11.1 Å². The van der Waals surface area contributed by atoms with Crippen LogP contribution in [0.5, 0.6) is 0 Å². The van der Waals surface area contributed by atoms with Gasteiger partial charge in [0.15, 0.2) is 0 Å². The van der Waals surface area contributed by atoms with Crippen molar-refractivity contribution < 1.29 is 9.53 Å². The Kier molecular flexibility index (Phi) is 5.28. The lowest BCUT2D eigenvalue weighted by Crippen LogP contribution is -2.36. The third-order valence-corrected chi connectivity index (χ3v) is 2.83. The average molecular weight is 289 g/mol. The first-order chi connectivity index (χ1) is 10.2. The average Bonchev–Trinajstić information content (AvgIpc) is 2.93. The lowest BCUT2D eigenvalue weighted by Gasteiger charge is -2.13. The van der Waals surface area contributed by atoms with E-state index in [9.17, 15) is 4.79 Å². The lowest BCUT2D eigenvalue weighted by molar-refractivity contribution is 0.135. The molecule has 0 spiro atoms. The molecule has 3 N–H and O–H groups in total. The zero-order chi connectivity index (χ0) is 15.1. The highest BCUT2D eigenvalue weighted by Crippen LogP contribution is 2.01. The van der Waals surface area contributed by atoms with E-state index in [2.05, 4.69) is 15.6 Å². The molecule has 21 heavy (non-hydrogen) atoms. The highest BCUT2D eigenvalue weighted by atomic mass is 16.5. The fraction of sp³-hybridized carbons (Fsp3) is 0.357. The second-order valence-electron chi connectivity index (χ2n) is 4.74. The van der Waals surface area contributed by atoms with Crippen LogP contribution in [0.2, 0.25) is 0 Å². The largest absolute Gasteiger partial charge is 0.445 e. The van der Waals surface area contributed by atoms with Gasteiger partial charge in [0.25, 0.3) is 0 Å². The lowest BCUT2D eigenvalue weighted by atomic mass is 10.2. The second kappa shape index (κ2) is 7.39. The minimum atomic E-state index is -0.453. The number of rotatable bonds is 6. The number of carbonyl (C=O) groups is 1. The van der Waals surface area contributed by atoms with Crippen molar-refractivity contribution >= 4 is 6.09 Å². The molecule has 0 saturated carbocycles. The second-order valence-corrected chi connectivity index (χ2v) is 4.74. The Bertz CT molecular complexity index is 570. The normalized spacial score (nSPS) is 11.9. The van der Waals surface area contributed by atoms with Gasteiger partial charge in [0, 0.05) is 18.8 Å². The van der Waals surface area contributed by atoms with Gasteiger partial charge in [-0.25, -0.2) is 4.79 Å². The first kappa shape index (κ1) is 15.0. The summed E-state index contributed by atoms with van der Waals surface area (Å²) in [7, 11) is 0. The van der Waals surface area contributed by atoms with Crippen LogP contribution in [0, 0.1) is 0 Å². The maximum absolute atomic E-state index is 11.7. The molecule has 0 fully saturated rings. The summed E-state index contributed by atoms with van der Waals surface area (Å²) in [5.74, 6) is 0. The molecule has 2 rings (SSSR count). The Morgan fingerprint density at radius 3 is 2.86 bits per heavy atom. The van der Waals surface area contributed by atoms with Crippen LogP contribution in [0.1, 0.15) is 18.2 Å². The topological polar surface area (TPSA) is 95.1 Å². The molecule has 7 heteroatoms. The first-order valence-electron chi connectivity index (χ1n) is 6.73. The monoisotopic (exact) mass is 289 g/mol. The maximum Gasteiger partial charge on any atom is 0.407 e. The van der Waals surface area contributed by atoms with Crippen molar-refractivity contribution in [3.8, 4) is 0 Å². The van der Waals surface area contributed by atoms with Crippen LogP contribution in [-0.2, 0) is 24.4 Å². The number of nitrogens with two attached hydrogens (primary N) is 1. The number of hydrogen-bond donors (Lipinski definition) is 2. The fourth-order valence-corrected chi connectivity index (χ4v) is 1.81. The number of ether oxygens (including phenoxy) is 1. The van der Waals surface area contributed by atoms with Gasteiger partial charge >= 0.3 is 6.09 Å². The van der Waals surface area contributed by atoms with E-state index >= 15 is 0 Å². The van der Waals surface area contributed by atoms with E-state index < -0.39 is 6.09 Å². The quantitative estimate of drug-likeness (QED) is 0.829. The number of nitrogens with zero attached hydrogens (tertiary/aromatic N) is 3. The summed E-state index contributed by atoms with van der Waals surface area (Å²) in [6.07, 6.45) is 1.30. The van der Waals surface area contributed by atoms with Gasteiger partial charge in [-0.05, 0) is 12.5 Å². The molecule has 0 radical (unpaired) electrons. The molecule has 1 atom stereocenters. The van der Waals surface area contributed by atoms with Crippen molar-refractivity contribution in [3.05, 3.63) is 47.8 Å². The van der Waals surface area contributed by atoms with E-state index in [4.69, 9.17) is 10.5 Å². The van der Waals surface area contributed by atoms with Gasteiger partial charge < -0.3 is 15.8 Å². The Balaban J connectivity index is 1.74. The van der Waals surface area contributed by atoms with Gasteiger partial charge in [-0.1, -0.05) is 35.5 Å².